The first kappa shape index (κ1) is 28.3. The SMILES string of the molecule is CC(=O)Nc1cc(-c2cccc(Oc3ccc(C(=O)CC4CC(C)(C)OC(C)(C)C4)cc3Cl)c2C#N)ccn1. The van der Waals surface area contributed by atoms with E-state index >= 15 is 0 Å². The van der Waals surface area contributed by atoms with Crippen LogP contribution in [0.25, 0.3) is 11.1 Å². The quantitative estimate of drug-likeness (QED) is 0.307. The third-order valence-corrected chi connectivity index (χ3v) is 6.87. The number of nitrogens with one attached hydrogen (secondary N) is 1. The average Bonchev–Trinajstić information content (AvgIpc) is 2.82. The molecule has 1 aliphatic rings. The minimum Gasteiger partial charge on any atom is -0.454 e. The lowest BCUT2D eigenvalue weighted by Crippen LogP contribution is -2.45. The van der Waals surface area contributed by atoms with Gasteiger partial charge in [0.15, 0.2) is 5.78 Å². The zero-order chi connectivity index (χ0) is 28.4. The molecule has 1 amide bonds. The molecule has 39 heavy (non-hydrogen) atoms. The number of pyridine rings is 1. The van der Waals surface area contributed by atoms with Gasteiger partial charge in [0.1, 0.15) is 28.9 Å². The van der Waals surface area contributed by atoms with Gasteiger partial charge in [-0.3, -0.25) is 9.59 Å². The predicted molar refractivity (Wildman–Crippen MR) is 151 cm³/mol. The van der Waals surface area contributed by atoms with E-state index in [9.17, 15) is 14.9 Å². The predicted octanol–water partition coefficient (Wildman–Crippen LogP) is 7.58. The van der Waals surface area contributed by atoms with Gasteiger partial charge >= 0.3 is 0 Å². The molecule has 0 atom stereocenters. The van der Waals surface area contributed by atoms with Crippen molar-refractivity contribution in [1.82, 2.24) is 4.98 Å². The summed E-state index contributed by atoms with van der Waals surface area (Å²) in [4.78, 5) is 28.7. The van der Waals surface area contributed by atoms with E-state index in [2.05, 4.69) is 44.1 Å². The Hall–Kier alpha value is -3.73. The van der Waals surface area contributed by atoms with Gasteiger partial charge in [0.05, 0.1) is 16.2 Å². The van der Waals surface area contributed by atoms with E-state index in [0.29, 0.717) is 46.0 Å². The minimum atomic E-state index is -0.281. The van der Waals surface area contributed by atoms with E-state index in [1.165, 1.54) is 6.92 Å². The molecule has 0 radical (unpaired) electrons. The van der Waals surface area contributed by atoms with Crippen LogP contribution in [-0.2, 0) is 9.53 Å². The fourth-order valence-corrected chi connectivity index (χ4v) is 5.73. The number of hydrogen-bond donors (Lipinski definition) is 1. The molecule has 2 aromatic carbocycles. The number of rotatable bonds is 7. The molecular weight excluding hydrogens is 514 g/mol. The number of aromatic nitrogens is 1. The van der Waals surface area contributed by atoms with E-state index in [0.717, 1.165) is 12.8 Å². The van der Waals surface area contributed by atoms with Crippen molar-refractivity contribution < 1.29 is 19.1 Å². The molecule has 0 unspecified atom stereocenters. The summed E-state index contributed by atoms with van der Waals surface area (Å²) in [6, 6.07) is 15.9. The molecule has 4 rings (SSSR count). The maximum atomic E-state index is 13.1. The van der Waals surface area contributed by atoms with Gasteiger partial charge in [0.2, 0.25) is 5.91 Å². The first-order valence-electron chi connectivity index (χ1n) is 12.8. The van der Waals surface area contributed by atoms with Crippen LogP contribution in [0.2, 0.25) is 5.02 Å². The van der Waals surface area contributed by atoms with Crippen LogP contribution in [0.4, 0.5) is 5.82 Å². The van der Waals surface area contributed by atoms with Crippen molar-refractivity contribution in [3.8, 4) is 28.7 Å². The van der Waals surface area contributed by atoms with Crippen LogP contribution >= 0.6 is 11.6 Å². The zero-order valence-electron chi connectivity index (χ0n) is 22.8. The highest BCUT2D eigenvalue weighted by Crippen LogP contribution is 2.41. The molecular formula is C31H32ClN3O4. The van der Waals surface area contributed by atoms with Gasteiger partial charge in [-0.25, -0.2) is 4.98 Å². The van der Waals surface area contributed by atoms with E-state index in [4.69, 9.17) is 21.1 Å². The average molecular weight is 546 g/mol. The summed E-state index contributed by atoms with van der Waals surface area (Å²) < 4.78 is 12.2. The van der Waals surface area contributed by atoms with Crippen molar-refractivity contribution in [2.75, 3.05) is 5.32 Å². The van der Waals surface area contributed by atoms with Gasteiger partial charge in [-0.2, -0.15) is 5.26 Å². The number of halogens is 1. The van der Waals surface area contributed by atoms with Crippen LogP contribution in [-0.4, -0.2) is 27.9 Å². The Bertz CT molecular complexity index is 1440. The third-order valence-electron chi connectivity index (χ3n) is 6.57. The van der Waals surface area contributed by atoms with E-state index in [1.54, 1.807) is 54.7 Å². The fourth-order valence-electron chi connectivity index (χ4n) is 5.51. The summed E-state index contributed by atoms with van der Waals surface area (Å²) in [5.74, 6) is 1.03. The molecule has 1 fully saturated rings. The maximum absolute atomic E-state index is 13.1. The molecule has 1 saturated heterocycles. The molecule has 202 valence electrons. The van der Waals surface area contributed by atoms with Gasteiger partial charge in [0, 0.05) is 30.7 Å². The molecule has 0 spiro atoms. The molecule has 3 aromatic rings. The Morgan fingerprint density at radius 2 is 1.82 bits per heavy atom. The van der Waals surface area contributed by atoms with Crippen LogP contribution in [0, 0.1) is 17.2 Å². The molecule has 0 aliphatic carbocycles. The van der Waals surface area contributed by atoms with Crippen LogP contribution in [0.1, 0.15) is 69.8 Å². The summed E-state index contributed by atoms with van der Waals surface area (Å²) in [5, 5.41) is 12.9. The summed E-state index contributed by atoms with van der Waals surface area (Å²) in [5.41, 5.74) is 1.58. The second kappa shape index (κ2) is 11.2. The number of ketones is 1. The third kappa shape index (κ3) is 7.03. The van der Waals surface area contributed by atoms with Gasteiger partial charge in [0.25, 0.3) is 0 Å². The highest BCUT2D eigenvalue weighted by atomic mass is 35.5. The summed E-state index contributed by atoms with van der Waals surface area (Å²) in [7, 11) is 0. The van der Waals surface area contributed by atoms with Crippen molar-refractivity contribution in [2.45, 2.75) is 65.1 Å². The van der Waals surface area contributed by atoms with Crippen molar-refractivity contribution in [3.63, 3.8) is 0 Å². The first-order valence-corrected chi connectivity index (χ1v) is 13.2. The standard InChI is InChI=1S/C31H32ClN3O4/c1-19(36)35-29-15-21(11-12-34-29)23-7-6-8-27(24(23)18-33)38-28-10-9-22(14-25(28)32)26(37)13-20-16-30(2,3)39-31(4,5)17-20/h6-12,14-15,20H,13,16-17H2,1-5H3,(H,34,35,36). The molecule has 2 heterocycles. The summed E-state index contributed by atoms with van der Waals surface area (Å²) in [6.45, 7) is 9.66. The van der Waals surface area contributed by atoms with Gasteiger partial charge in [-0.15, -0.1) is 0 Å². The number of benzene rings is 2. The number of Topliss-reactive ketones (excluding diaryl/α,β-unsaturated/α-hetero) is 1. The molecule has 8 heteroatoms. The summed E-state index contributed by atoms with van der Waals surface area (Å²) >= 11 is 6.55. The van der Waals surface area contributed by atoms with Crippen molar-refractivity contribution in [2.24, 2.45) is 5.92 Å². The van der Waals surface area contributed by atoms with Crippen LogP contribution in [0.15, 0.2) is 54.7 Å². The topological polar surface area (TPSA) is 101 Å². The van der Waals surface area contributed by atoms with Gasteiger partial charge in [-0.1, -0.05) is 23.7 Å². The lowest BCUT2D eigenvalue weighted by atomic mass is 9.78. The van der Waals surface area contributed by atoms with Gasteiger partial charge < -0.3 is 14.8 Å². The van der Waals surface area contributed by atoms with Crippen molar-refractivity contribution in [3.05, 3.63) is 70.9 Å². The highest BCUT2D eigenvalue weighted by molar-refractivity contribution is 6.32. The fraction of sp³-hybridized carbons (Fsp3) is 0.355. The lowest BCUT2D eigenvalue weighted by molar-refractivity contribution is -0.171. The largest absolute Gasteiger partial charge is 0.454 e. The first-order chi connectivity index (χ1) is 18.4. The molecule has 0 bridgehead atoms. The second-order valence-corrected chi connectivity index (χ2v) is 11.6. The molecule has 1 aliphatic heterocycles. The number of nitrogens with zero attached hydrogens (tertiary/aromatic N) is 2. The van der Waals surface area contributed by atoms with Crippen molar-refractivity contribution in [1.29, 1.82) is 5.26 Å². The van der Waals surface area contributed by atoms with Crippen LogP contribution in [0.3, 0.4) is 0 Å². The molecule has 7 nitrogen and oxygen atoms in total. The Balaban J connectivity index is 1.54. The second-order valence-electron chi connectivity index (χ2n) is 11.2. The van der Waals surface area contributed by atoms with Gasteiger partial charge in [-0.05, 0) is 88.4 Å². The Kier molecular flexibility index (Phi) is 8.10. The highest BCUT2D eigenvalue weighted by Gasteiger charge is 2.39. The number of amides is 1. The van der Waals surface area contributed by atoms with Crippen LogP contribution in [0.5, 0.6) is 11.5 Å². The Labute approximate surface area is 234 Å². The number of anilines is 1. The van der Waals surface area contributed by atoms with E-state index in [-0.39, 0.29) is 33.8 Å². The number of nitriles is 1. The maximum Gasteiger partial charge on any atom is 0.222 e. The zero-order valence-corrected chi connectivity index (χ0v) is 23.6. The van der Waals surface area contributed by atoms with E-state index in [1.807, 2.05) is 0 Å². The number of hydrogen-bond acceptors (Lipinski definition) is 6. The Morgan fingerprint density at radius 3 is 2.46 bits per heavy atom. The molecule has 1 N–H and O–H groups in total. The monoisotopic (exact) mass is 545 g/mol. The lowest BCUT2D eigenvalue weighted by Gasteiger charge is -2.45. The normalized spacial score (nSPS) is 16.2. The van der Waals surface area contributed by atoms with E-state index < -0.39 is 0 Å². The Morgan fingerprint density at radius 1 is 1.10 bits per heavy atom. The summed E-state index contributed by atoms with van der Waals surface area (Å²) in [6.07, 6.45) is 3.60. The minimum absolute atomic E-state index is 0.0225. The van der Waals surface area contributed by atoms with Crippen molar-refractivity contribution >= 4 is 29.1 Å². The number of carbonyl (C=O) groups excluding carboxylic acids is 2. The number of ether oxygens (including phenoxy) is 2. The number of carbonyl (C=O) groups is 2. The smallest absolute Gasteiger partial charge is 0.222 e. The molecule has 1 aromatic heterocycles. The van der Waals surface area contributed by atoms with Crippen LogP contribution < -0.4 is 10.1 Å². The molecule has 0 saturated carbocycles.